The monoisotopic (exact) mass is 258 g/mol. The van der Waals surface area contributed by atoms with Crippen molar-refractivity contribution in [2.45, 2.75) is 57.2 Å². The van der Waals surface area contributed by atoms with Gasteiger partial charge in [0.05, 0.1) is 0 Å². The summed E-state index contributed by atoms with van der Waals surface area (Å²) in [5.41, 5.74) is 1.47. The third kappa shape index (κ3) is 3.37. The highest BCUT2D eigenvalue weighted by atomic mass is 15.2. The van der Waals surface area contributed by atoms with E-state index in [9.17, 15) is 0 Å². The average Bonchev–Trinajstić information content (AvgIpc) is 2.77. The maximum absolute atomic E-state index is 3.80. The molecule has 104 valence electrons. The number of nitrogens with one attached hydrogen (secondary N) is 1. The number of likely N-dealkylation sites (tertiary alicyclic amines) is 1. The highest BCUT2D eigenvalue weighted by molar-refractivity contribution is 5.14. The average molecular weight is 258 g/mol. The van der Waals surface area contributed by atoms with Crippen molar-refractivity contribution in [3.63, 3.8) is 0 Å². The minimum Gasteiger partial charge on any atom is -0.312 e. The van der Waals surface area contributed by atoms with Gasteiger partial charge in [0.1, 0.15) is 0 Å². The summed E-state index contributed by atoms with van der Waals surface area (Å²) in [6.07, 6.45) is 8.24. The Morgan fingerprint density at radius 2 is 1.84 bits per heavy atom. The van der Waals surface area contributed by atoms with Crippen LogP contribution in [-0.2, 0) is 6.54 Å². The molecule has 3 rings (SSSR count). The first-order valence-electron chi connectivity index (χ1n) is 7.95. The standard InChI is InChI=1S/C17H26N2/c1-2-8-15(9-3-1)14-19-13-7-5-10-16-17(19)11-4-6-12-18-16/h1-3,8-9,16-18H,4-7,10-14H2/t16-,17+/m0/s1. The van der Waals surface area contributed by atoms with Gasteiger partial charge in [0.2, 0.25) is 0 Å². The molecule has 2 atom stereocenters. The Kier molecular flexibility index (Phi) is 4.52. The number of nitrogens with zero attached hydrogens (tertiary/aromatic N) is 1. The van der Waals surface area contributed by atoms with E-state index in [0.717, 1.165) is 18.6 Å². The maximum atomic E-state index is 3.80. The normalized spacial score (nSPS) is 29.3. The lowest BCUT2D eigenvalue weighted by molar-refractivity contribution is 0.159. The lowest BCUT2D eigenvalue weighted by atomic mass is 9.99. The second-order valence-corrected chi connectivity index (χ2v) is 6.08. The molecule has 2 aliphatic rings. The fraction of sp³-hybridized carbons (Fsp3) is 0.647. The van der Waals surface area contributed by atoms with Crippen LogP contribution in [-0.4, -0.2) is 30.1 Å². The zero-order valence-electron chi connectivity index (χ0n) is 11.9. The SMILES string of the molecule is c1ccc(CN2CCCC[C@@H]3NCCCC[C@H]32)cc1. The second-order valence-electron chi connectivity index (χ2n) is 6.08. The van der Waals surface area contributed by atoms with Crippen LogP contribution >= 0.6 is 0 Å². The molecule has 2 nitrogen and oxygen atoms in total. The van der Waals surface area contributed by atoms with Crippen molar-refractivity contribution in [2.24, 2.45) is 0 Å². The van der Waals surface area contributed by atoms with Gasteiger partial charge in [-0.05, 0) is 44.3 Å². The molecule has 2 heterocycles. The molecule has 0 aliphatic carbocycles. The smallest absolute Gasteiger partial charge is 0.0252 e. The van der Waals surface area contributed by atoms with Crippen LogP contribution in [0.3, 0.4) is 0 Å². The minimum atomic E-state index is 0.730. The van der Waals surface area contributed by atoms with Gasteiger partial charge in [0.25, 0.3) is 0 Å². The van der Waals surface area contributed by atoms with Gasteiger partial charge in [-0.25, -0.2) is 0 Å². The topological polar surface area (TPSA) is 15.3 Å². The molecule has 2 aliphatic heterocycles. The van der Waals surface area contributed by atoms with E-state index in [1.54, 1.807) is 0 Å². The van der Waals surface area contributed by atoms with E-state index in [0.29, 0.717) is 0 Å². The van der Waals surface area contributed by atoms with Crippen molar-refractivity contribution in [3.8, 4) is 0 Å². The lowest BCUT2D eigenvalue weighted by Gasteiger charge is -2.34. The zero-order valence-corrected chi connectivity index (χ0v) is 11.9. The molecule has 0 aromatic heterocycles. The molecule has 0 amide bonds. The van der Waals surface area contributed by atoms with Crippen LogP contribution in [0.2, 0.25) is 0 Å². The van der Waals surface area contributed by atoms with Crippen LogP contribution in [0, 0.1) is 0 Å². The molecule has 0 saturated carbocycles. The summed E-state index contributed by atoms with van der Waals surface area (Å²) in [4.78, 5) is 2.74. The Balaban J connectivity index is 1.73. The Morgan fingerprint density at radius 1 is 1.00 bits per heavy atom. The summed E-state index contributed by atoms with van der Waals surface area (Å²) >= 11 is 0. The fourth-order valence-corrected chi connectivity index (χ4v) is 3.69. The molecular weight excluding hydrogens is 232 g/mol. The Labute approximate surface area is 117 Å². The molecule has 0 spiro atoms. The van der Waals surface area contributed by atoms with Gasteiger partial charge in [0, 0.05) is 18.6 Å². The van der Waals surface area contributed by atoms with E-state index < -0.39 is 0 Å². The molecule has 2 fully saturated rings. The number of fused-ring (bicyclic) bond motifs is 1. The Hall–Kier alpha value is -0.860. The molecule has 2 heteroatoms. The Morgan fingerprint density at radius 3 is 2.74 bits per heavy atom. The van der Waals surface area contributed by atoms with E-state index in [-0.39, 0.29) is 0 Å². The van der Waals surface area contributed by atoms with E-state index in [1.807, 2.05) is 0 Å². The summed E-state index contributed by atoms with van der Waals surface area (Å²) < 4.78 is 0. The van der Waals surface area contributed by atoms with Gasteiger partial charge in [-0.15, -0.1) is 0 Å². The quantitative estimate of drug-likeness (QED) is 0.876. The van der Waals surface area contributed by atoms with Crippen molar-refractivity contribution in [1.82, 2.24) is 10.2 Å². The van der Waals surface area contributed by atoms with E-state index >= 15 is 0 Å². The van der Waals surface area contributed by atoms with Crippen LogP contribution in [0.15, 0.2) is 30.3 Å². The number of hydrogen-bond acceptors (Lipinski definition) is 2. The highest BCUT2D eigenvalue weighted by Gasteiger charge is 2.30. The highest BCUT2D eigenvalue weighted by Crippen LogP contribution is 2.25. The molecule has 1 aromatic carbocycles. The molecule has 0 unspecified atom stereocenters. The van der Waals surface area contributed by atoms with Gasteiger partial charge >= 0.3 is 0 Å². The third-order valence-electron chi connectivity index (χ3n) is 4.71. The number of hydrogen-bond donors (Lipinski definition) is 1. The fourth-order valence-electron chi connectivity index (χ4n) is 3.69. The summed E-state index contributed by atoms with van der Waals surface area (Å²) in [7, 11) is 0. The summed E-state index contributed by atoms with van der Waals surface area (Å²) in [6, 6.07) is 12.5. The van der Waals surface area contributed by atoms with Gasteiger partial charge < -0.3 is 5.32 Å². The first-order valence-corrected chi connectivity index (χ1v) is 7.95. The van der Waals surface area contributed by atoms with Crippen LogP contribution in [0.1, 0.15) is 44.1 Å². The van der Waals surface area contributed by atoms with Gasteiger partial charge in [-0.3, -0.25) is 4.90 Å². The van der Waals surface area contributed by atoms with Crippen LogP contribution in [0.4, 0.5) is 0 Å². The van der Waals surface area contributed by atoms with E-state index in [4.69, 9.17) is 0 Å². The molecule has 1 aromatic rings. The third-order valence-corrected chi connectivity index (χ3v) is 4.71. The number of benzene rings is 1. The van der Waals surface area contributed by atoms with Crippen molar-refractivity contribution in [3.05, 3.63) is 35.9 Å². The molecule has 1 N–H and O–H groups in total. The first kappa shape index (κ1) is 13.1. The molecule has 19 heavy (non-hydrogen) atoms. The van der Waals surface area contributed by atoms with Crippen LogP contribution < -0.4 is 5.32 Å². The maximum Gasteiger partial charge on any atom is 0.0252 e. The van der Waals surface area contributed by atoms with E-state index in [1.165, 1.54) is 57.2 Å². The summed E-state index contributed by atoms with van der Waals surface area (Å²) in [5.74, 6) is 0. The van der Waals surface area contributed by atoms with Crippen molar-refractivity contribution < 1.29 is 0 Å². The van der Waals surface area contributed by atoms with Crippen molar-refractivity contribution in [2.75, 3.05) is 13.1 Å². The molecule has 2 saturated heterocycles. The zero-order chi connectivity index (χ0) is 12.9. The van der Waals surface area contributed by atoms with E-state index in [2.05, 4.69) is 40.5 Å². The Bertz CT molecular complexity index is 374. The summed E-state index contributed by atoms with van der Waals surface area (Å²) in [6.45, 7) is 3.63. The van der Waals surface area contributed by atoms with Gasteiger partial charge in [-0.2, -0.15) is 0 Å². The van der Waals surface area contributed by atoms with Gasteiger partial charge in [-0.1, -0.05) is 43.2 Å². The largest absolute Gasteiger partial charge is 0.312 e. The first-order chi connectivity index (χ1) is 9.43. The van der Waals surface area contributed by atoms with Gasteiger partial charge in [0.15, 0.2) is 0 Å². The summed E-state index contributed by atoms with van der Waals surface area (Å²) in [5, 5.41) is 3.80. The predicted octanol–water partition coefficient (Wildman–Crippen LogP) is 3.18. The lowest BCUT2D eigenvalue weighted by Crippen LogP contribution is -2.47. The van der Waals surface area contributed by atoms with Crippen LogP contribution in [0.5, 0.6) is 0 Å². The minimum absolute atomic E-state index is 0.730. The number of rotatable bonds is 2. The van der Waals surface area contributed by atoms with Crippen LogP contribution in [0.25, 0.3) is 0 Å². The second kappa shape index (κ2) is 6.53. The predicted molar refractivity (Wildman–Crippen MR) is 80.1 cm³/mol. The molecule has 0 radical (unpaired) electrons. The van der Waals surface area contributed by atoms with Crippen molar-refractivity contribution >= 4 is 0 Å². The molecule has 0 bridgehead atoms. The molecular formula is C17H26N2. The van der Waals surface area contributed by atoms with Crippen molar-refractivity contribution in [1.29, 1.82) is 0 Å².